The molecule has 1 aliphatic rings. The molecule has 146 valence electrons. The highest BCUT2D eigenvalue weighted by molar-refractivity contribution is 6.31. The van der Waals surface area contributed by atoms with E-state index in [4.69, 9.17) is 16.3 Å². The molecule has 0 spiro atoms. The van der Waals surface area contributed by atoms with Crippen molar-refractivity contribution in [3.8, 4) is 5.75 Å². The van der Waals surface area contributed by atoms with Gasteiger partial charge in [-0.3, -0.25) is 9.69 Å². The summed E-state index contributed by atoms with van der Waals surface area (Å²) in [5.41, 5.74) is 0.623. The Hall–Kier alpha value is -1.30. The van der Waals surface area contributed by atoms with Crippen molar-refractivity contribution in [2.24, 2.45) is 5.92 Å². The number of hydrogen-bond acceptors (Lipinski definition) is 4. The molecule has 0 aromatic heterocycles. The molecule has 0 radical (unpaired) electrons. The van der Waals surface area contributed by atoms with Crippen LogP contribution in [0.1, 0.15) is 32.6 Å². The number of amides is 1. The minimum atomic E-state index is -0.0240. The van der Waals surface area contributed by atoms with E-state index in [2.05, 4.69) is 29.1 Å². The highest BCUT2D eigenvalue weighted by atomic mass is 35.5. The lowest BCUT2D eigenvalue weighted by Gasteiger charge is -2.33. The third kappa shape index (κ3) is 6.78. The van der Waals surface area contributed by atoms with E-state index in [0.717, 1.165) is 31.8 Å². The third-order valence-electron chi connectivity index (χ3n) is 4.97. The molecule has 1 aromatic carbocycles. The zero-order chi connectivity index (χ0) is 18.9. The lowest BCUT2D eigenvalue weighted by Crippen LogP contribution is -2.41. The molecule has 1 saturated heterocycles. The fraction of sp³-hybridized carbons (Fsp3) is 0.650. The molecule has 1 fully saturated rings. The van der Waals surface area contributed by atoms with Crippen LogP contribution in [0.2, 0.25) is 5.02 Å². The molecule has 1 aliphatic heterocycles. The summed E-state index contributed by atoms with van der Waals surface area (Å²) in [4.78, 5) is 17.1. The smallest absolute Gasteiger partial charge is 0.238 e. The molecule has 0 atom stereocenters. The monoisotopic (exact) mass is 381 g/mol. The van der Waals surface area contributed by atoms with E-state index in [1.165, 1.54) is 25.9 Å². The minimum absolute atomic E-state index is 0.0240. The number of carbonyl (C=O) groups excluding carboxylic acids is 1. The van der Waals surface area contributed by atoms with Crippen molar-refractivity contribution in [3.63, 3.8) is 0 Å². The van der Waals surface area contributed by atoms with Gasteiger partial charge in [0, 0.05) is 11.6 Å². The lowest BCUT2D eigenvalue weighted by atomic mass is 9.96. The van der Waals surface area contributed by atoms with Gasteiger partial charge < -0.3 is 15.0 Å². The molecule has 2 rings (SSSR count). The first kappa shape index (κ1) is 21.0. The van der Waals surface area contributed by atoms with E-state index in [1.807, 2.05) is 0 Å². The zero-order valence-corrected chi connectivity index (χ0v) is 17.0. The van der Waals surface area contributed by atoms with Gasteiger partial charge in [0.15, 0.2) is 0 Å². The third-order valence-corrected chi connectivity index (χ3v) is 5.21. The Labute approximate surface area is 162 Å². The second-order valence-electron chi connectivity index (χ2n) is 7.23. The predicted molar refractivity (Wildman–Crippen MR) is 108 cm³/mol. The van der Waals surface area contributed by atoms with E-state index < -0.39 is 0 Å². The van der Waals surface area contributed by atoms with Crippen molar-refractivity contribution in [3.05, 3.63) is 23.2 Å². The average molecular weight is 382 g/mol. The van der Waals surface area contributed by atoms with Gasteiger partial charge in [0.1, 0.15) is 5.75 Å². The molecular weight excluding hydrogens is 350 g/mol. The maximum Gasteiger partial charge on any atom is 0.238 e. The number of nitrogens with zero attached hydrogens (tertiary/aromatic N) is 2. The molecule has 5 nitrogen and oxygen atoms in total. The van der Waals surface area contributed by atoms with Crippen LogP contribution in [-0.4, -0.2) is 62.6 Å². The van der Waals surface area contributed by atoms with Crippen LogP contribution in [0.3, 0.4) is 0 Å². The zero-order valence-electron chi connectivity index (χ0n) is 16.3. The van der Waals surface area contributed by atoms with Crippen molar-refractivity contribution in [1.82, 2.24) is 9.80 Å². The lowest BCUT2D eigenvalue weighted by molar-refractivity contribution is -0.117. The Bertz CT molecular complexity index is 574. The van der Waals surface area contributed by atoms with Crippen LogP contribution >= 0.6 is 11.6 Å². The fourth-order valence-electron chi connectivity index (χ4n) is 3.46. The van der Waals surface area contributed by atoms with Gasteiger partial charge in [0.25, 0.3) is 0 Å². The van der Waals surface area contributed by atoms with Gasteiger partial charge in [-0.2, -0.15) is 0 Å². The van der Waals surface area contributed by atoms with Gasteiger partial charge >= 0.3 is 0 Å². The van der Waals surface area contributed by atoms with E-state index in [-0.39, 0.29) is 5.91 Å². The molecule has 0 unspecified atom stereocenters. The Kier molecular flexibility index (Phi) is 8.69. The van der Waals surface area contributed by atoms with E-state index >= 15 is 0 Å². The summed E-state index contributed by atoms with van der Waals surface area (Å²) in [6.45, 7) is 6.95. The van der Waals surface area contributed by atoms with Crippen LogP contribution in [0.4, 0.5) is 5.69 Å². The summed E-state index contributed by atoms with van der Waals surface area (Å²) in [7, 11) is 3.80. The van der Waals surface area contributed by atoms with Crippen molar-refractivity contribution >= 4 is 23.2 Å². The molecule has 26 heavy (non-hydrogen) atoms. The molecular formula is C20H32ClN3O2. The Morgan fingerprint density at radius 1 is 1.38 bits per heavy atom. The van der Waals surface area contributed by atoms with Gasteiger partial charge in [-0.15, -0.1) is 0 Å². The second kappa shape index (κ2) is 10.8. The van der Waals surface area contributed by atoms with Crippen LogP contribution in [0.5, 0.6) is 5.75 Å². The number of halogens is 1. The van der Waals surface area contributed by atoms with Crippen molar-refractivity contribution in [2.45, 2.75) is 32.6 Å². The van der Waals surface area contributed by atoms with E-state index in [1.54, 1.807) is 25.3 Å². The summed E-state index contributed by atoms with van der Waals surface area (Å²) >= 11 is 6.02. The van der Waals surface area contributed by atoms with Crippen molar-refractivity contribution in [2.75, 3.05) is 52.2 Å². The first-order chi connectivity index (χ1) is 12.5. The standard InChI is InChI=1S/C20H32ClN3O2/c1-4-5-10-23(2)14-16-8-11-24(12-9-16)15-20(25)22-18-13-17(21)6-7-19(18)26-3/h6-7,13,16H,4-5,8-12,14-15H2,1-3H3,(H,22,25). The summed E-state index contributed by atoms with van der Waals surface area (Å²) in [5, 5.41) is 3.50. The van der Waals surface area contributed by atoms with Crippen molar-refractivity contribution < 1.29 is 9.53 Å². The van der Waals surface area contributed by atoms with Crippen molar-refractivity contribution in [1.29, 1.82) is 0 Å². The van der Waals surface area contributed by atoms with Crippen LogP contribution in [0.25, 0.3) is 0 Å². The molecule has 1 aromatic rings. The van der Waals surface area contributed by atoms with Gasteiger partial charge in [-0.05, 0) is 70.1 Å². The number of anilines is 1. The number of unbranched alkanes of at least 4 members (excludes halogenated alkanes) is 1. The maximum absolute atomic E-state index is 12.4. The van der Waals surface area contributed by atoms with Gasteiger partial charge in [0.05, 0.1) is 19.3 Å². The number of nitrogens with one attached hydrogen (secondary N) is 1. The molecule has 1 N–H and O–H groups in total. The highest BCUT2D eigenvalue weighted by Gasteiger charge is 2.22. The van der Waals surface area contributed by atoms with E-state index in [0.29, 0.717) is 23.0 Å². The Morgan fingerprint density at radius 3 is 2.77 bits per heavy atom. The van der Waals surface area contributed by atoms with Gasteiger partial charge in [-0.1, -0.05) is 24.9 Å². The number of carbonyl (C=O) groups is 1. The number of ether oxygens (including phenoxy) is 1. The molecule has 0 saturated carbocycles. The van der Waals surface area contributed by atoms with Crippen LogP contribution in [-0.2, 0) is 4.79 Å². The summed E-state index contributed by atoms with van der Waals surface area (Å²) < 4.78 is 5.28. The van der Waals surface area contributed by atoms with Gasteiger partial charge in [0.2, 0.25) is 5.91 Å². The van der Waals surface area contributed by atoms with Crippen LogP contribution in [0.15, 0.2) is 18.2 Å². The molecule has 0 bridgehead atoms. The first-order valence-electron chi connectivity index (χ1n) is 9.56. The topological polar surface area (TPSA) is 44.8 Å². The first-order valence-corrected chi connectivity index (χ1v) is 9.94. The SMILES string of the molecule is CCCCN(C)CC1CCN(CC(=O)Nc2cc(Cl)ccc2OC)CC1. The summed E-state index contributed by atoms with van der Waals surface area (Å²) in [5.74, 6) is 1.34. The Morgan fingerprint density at radius 2 is 2.12 bits per heavy atom. The number of methoxy groups -OCH3 is 1. The predicted octanol–water partition coefficient (Wildman–Crippen LogP) is 3.73. The number of hydrogen-bond donors (Lipinski definition) is 1. The molecule has 1 heterocycles. The highest BCUT2D eigenvalue weighted by Crippen LogP contribution is 2.27. The number of benzene rings is 1. The summed E-state index contributed by atoms with van der Waals surface area (Å²) in [6, 6.07) is 5.23. The van der Waals surface area contributed by atoms with Crippen LogP contribution in [0, 0.1) is 5.92 Å². The normalized spacial score (nSPS) is 16.0. The molecule has 1 amide bonds. The van der Waals surface area contributed by atoms with E-state index in [9.17, 15) is 4.79 Å². The number of likely N-dealkylation sites (tertiary alicyclic amines) is 1. The Balaban J connectivity index is 1.75. The van der Waals surface area contributed by atoms with Crippen LogP contribution < -0.4 is 10.1 Å². The number of rotatable bonds is 9. The minimum Gasteiger partial charge on any atom is -0.495 e. The number of piperidine rings is 1. The maximum atomic E-state index is 12.4. The quantitative estimate of drug-likeness (QED) is 0.707. The van der Waals surface area contributed by atoms with Gasteiger partial charge in [-0.25, -0.2) is 0 Å². The summed E-state index contributed by atoms with van der Waals surface area (Å²) in [6.07, 6.45) is 4.83. The fourth-order valence-corrected chi connectivity index (χ4v) is 3.63. The average Bonchev–Trinajstić information content (AvgIpc) is 2.62. The molecule has 0 aliphatic carbocycles. The largest absolute Gasteiger partial charge is 0.495 e. The second-order valence-corrected chi connectivity index (χ2v) is 7.66. The molecule has 6 heteroatoms.